The van der Waals surface area contributed by atoms with Crippen molar-refractivity contribution in [3.05, 3.63) is 53.7 Å². The number of aryl methyl sites for hydroxylation is 1. The van der Waals surface area contributed by atoms with Gasteiger partial charge in [-0.05, 0) is 63.3 Å². The number of carboxylic acids is 1. The van der Waals surface area contributed by atoms with Crippen LogP contribution in [0, 0.1) is 12.3 Å². The van der Waals surface area contributed by atoms with Gasteiger partial charge in [0, 0.05) is 31.9 Å². The van der Waals surface area contributed by atoms with Crippen molar-refractivity contribution < 1.29 is 32.3 Å². The van der Waals surface area contributed by atoms with E-state index in [0.717, 1.165) is 43.9 Å². The third-order valence-electron chi connectivity index (χ3n) is 6.54. The number of hydrogen-bond acceptors (Lipinski definition) is 5. The monoisotopic (exact) mass is 467 g/mol. The van der Waals surface area contributed by atoms with Crippen molar-refractivity contribution in [3.63, 3.8) is 0 Å². The van der Waals surface area contributed by atoms with Gasteiger partial charge >= 0.3 is 12.1 Å². The molecule has 10 heteroatoms. The summed E-state index contributed by atoms with van der Waals surface area (Å²) in [7, 11) is 2.20. The fraction of sp³-hybridized carbons (Fsp3) is 0.522. The van der Waals surface area contributed by atoms with Gasteiger partial charge in [0.25, 0.3) is 5.91 Å². The van der Waals surface area contributed by atoms with E-state index in [2.05, 4.69) is 23.0 Å². The van der Waals surface area contributed by atoms with E-state index in [-0.39, 0.29) is 5.91 Å². The Labute approximate surface area is 190 Å². The van der Waals surface area contributed by atoms with Crippen LogP contribution in [0.3, 0.4) is 0 Å². The number of carbonyl (C=O) groups is 2. The first-order valence-electron chi connectivity index (χ1n) is 10.7. The number of pyridine rings is 1. The van der Waals surface area contributed by atoms with Gasteiger partial charge in [0.1, 0.15) is 5.76 Å². The van der Waals surface area contributed by atoms with Crippen LogP contribution in [-0.4, -0.2) is 64.1 Å². The number of likely N-dealkylation sites (tertiary alicyclic amines) is 1. The number of furan rings is 1. The van der Waals surface area contributed by atoms with E-state index < -0.39 is 12.1 Å². The zero-order valence-electron chi connectivity index (χ0n) is 18.6. The molecule has 2 aromatic rings. The Morgan fingerprint density at radius 2 is 1.88 bits per heavy atom. The summed E-state index contributed by atoms with van der Waals surface area (Å²) in [5, 5.41) is 7.12. The molecule has 1 spiro atoms. The molecule has 180 valence electrons. The number of halogens is 3. The molecule has 1 aliphatic carbocycles. The minimum Gasteiger partial charge on any atom is -0.475 e. The van der Waals surface area contributed by atoms with Crippen LogP contribution < -0.4 is 0 Å². The van der Waals surface area contributed by atoms with Crippen LogP contribution in [-0.2, 0) is 11.3 Å². The highest BCUT2D eigenvalue weighted by Gasteiger charge is 2.47. The molecule has 1 aliphatic heterocycles. The topological polar surface area (TPSA) is 86.9 Å². The normalized spacial score (nSPS) is 17.9. The largest absolute Gasteiger partial charge is 0.490 e. The average Bonchev–Trinajstić information content (AvgIpc) is 3.18. The Morgan fingerprint density at radius 3 is 2.36 bits per heavy atom. The van der Waals surface area contributed by atoms with E-state index in [4.69, 9.17) is 14.3 Å². The van der Waals surface area contributed by atoms with E-state index in [9.17, 15) is 18.0 Å². The first-order chi connectivity index (χ1) is 15.5. The van der Waals surface area contributed by atoms with Gasteiger partial charge in [-0.2, -0.15) is 13.2 Å². The van der Waals surface area contributed by atoms with E-state index in [0.29, 0.717) is 17.0 Å². The van der Waals surface area contributed by atoms with Gasteiger partial charge in [-0.25, -0.2) is 4.79 Å². The number of nitrogens with zero attached hydrogens (tertiary/aromatic N) is 3. The number of hydrogen-bond donors (Lipinski definition) is 1. The molecule has 3 heterocycles. The van der Waals surface area contributed by atoms with Gasteiger partial charge in [0.15, 0.2) is 0 Å². The number of alkyl halides is 3. The van der Waals surface area contributed by atoms with E-state index in [1.165, 1.54) is 12.8 Å². The van der Waals surface area contributed by atoms with Crippen LogP contribution in [0.2, 0.25) is 0 Å². The van der Waals surface area contributed by atoms with Gasteiger partial charge in [-0.3, -0.25) is 14.7 Å². The maximum atomic E-state index is 12.6. The fourth-order valence-electron chi connectivity index (χ4n) is 4.50. The van der Waals surface area contributed by atoms with Crippen LogP contribution in [0.5, 0.6) is 0 Å². The molecule has 1 saturated carbocycles. The predicted octanol–water partition coefficient (Wildman–Crippen LogP) is 4.13. The molecule has 0 atom stereocenters. The summed E-state index contributed by atoms with van der Waals surface area (Å²) >= 11 is 0. The average molecular weight is 467 g/mol. The second-order valence-electron chi connectivity index (χ2n) is 8.78. The summed E-state index contributed by atoms with van der Waals surface area (Å²) in [6.45, 7) is 4.48. The van der Waals surface area contributed by atoms with Gasteiger partial charge in [0.2, 0.25) is 0 Å². The molecule has 0 unspecified atom stereocenters. The van der Waals surface area contributed by atoms with Crippen LogP contribution in [0.1, 0.15) is 47.5 Å². The van der Waals surface area contributed by atoms with Crippen molar-refractivity contribution in [2.24, 2.45) is 5.41 Å². The van der Waals surface area contributed by atoms with Crippen LogP contribution >= 0.6 is 0 Å². The third-order valence-corrected chi connectivity index (χ3v) is 6.54. The highest BCUT2D eigenvalue weighted by atomic mass is 19.4. The maximum absolute atomic E-state index is 12.6. The number of carbonyl (C=O) groups excluding carboxylic acids is 1. The number of piperidine rings is 1. The molecule has 1 amide bonds. The standard InChI is InChI=1S/C21H27N3O2.C2HF3O2/c1-16-19(6-12-26-16)20(25)24-10-7-21(8-11-24)13-18(14-21)23(2)15-17-5-3-4-9-22-17;3-2(4,5)1(6)7/h3-6,9,12,18H,7-8,10-11,13-15H2,1-2H3;(H,6,7). The fourth-order valence-corrected chi connectivity index (χ4v) is 4.50. The molecule has 2 aliphatic rings. The summed E-state index contributed by atoms with van der Waals surface area (Å²) in [5.41, 5.74) is 2.28. The lowest BCUT2D eigenvalue weighted by Gasteiger charge is -2.54. The molecule has 4 rings (SSSR count). The third kappa shape index (κ3) is 6.13. The number of carboxylic acid groups (broad SMARTS) is 1. The molecule has 1 N–H and O–H groups in total. The molecular formula is C23H28F3N3O4. The van der Waals surface area contributed by atoms with Crippen molar-refractivity contribution in [1.29, 1.82) is 0 Å². The van der Waals surface area contributed by atoms with E-state index >= 15 is 0 Å². The van der Waals surface area contributed by atoms with Crippen molar-refractivity contribution in [2.75, 3.05) is 20.1 Å². The van der Waals surface area contributed by atoms with Crippen LogP contribution in [0.4, 0.5) is 13.2 Å². The van der Waals surface area contributed by atoms with Crippen LogP contribution in [0.15, 0.2) is 41.1 Å². The molecule has 2 aromatic heterocycles. The molecule has 7 nitrogen and oxygen atoms in total. The van der Waals surface area contributed by atoms with E-state index in [1.807, 2.05) is 30.2 Å². The second kappa shape index (κ2) is 9.94. The molecule has 0 bridgehead atoms. The predicted molar refractivity (Wildman–Crippen MR) is 113 cm³/mol. The van der Waals surface area contributed by atoms with Crippen LogP contribution in [0.25, 0.3) is 0 Å². The summed E-state index contributed by atoms with van der Waals surface area (Å²) in [6.07, 6.45) is 3.08. The zero-order valence-corrected chi connectivity index (χ0v) is 18.6. The maximum Gasteiger partial charge on any atom is 0.490 e. The summed E-state index contributed by atoms with van der Waals surface area (Å²) in [4.78, 5) is 30.4. The number of aliphatic carboxylic acids is 1. The van der Waals surface area contributed by atoms with Gasteiger partial charge in [-0.15, -0.1) is 0 Å². The van der Waals surface area contributed by atoms with Crippen molar-refractivity contribution in [3.8, 4) is 0 Å². The number of amides is 1. The minimum atomic E-state index is -5.08. The SMILES string of the molecule is Cc1occc1C(=O)N1CCC2(CC1)CC(N(C)Cc1ccccn1)C2.O=C(O)C(F)(F)F. The Balaban J connectivity index is 0.000000383. The molecule has 33 heavy (non-hydrogen) atoms. The second-order valence-corrected chi connectivity index (χ2v) is 8.78. The van der Waals surface area contributed by atoms with Crippen molar-refractivity contribution in [2.45, 2.75) is 51.4 Å². The lowest BCUT2D eigenvalue weighted by molar-refractivity contribution is -0.192. The van der Waals surface area contributed by atoms with E-state index in [1.54, 1.807) is 12.3 Å². The smallest absolute Gasteiger partial charge is 0.475 e. The van der Waals surface area contributed by atoms with Crippen molar-refractivity contribution in [1.82, 2.24) is 14.8 Å². The molecule has 1 saturated heterocycles. The quantitative estimate of drug-likeness (QED) is 0.728. The van der Waals surface area contributed by atoms with Crippen molar-refractivity contribution >= 4 is 11.9 Å². The minimum absolute atomic E-state index is 0.120. The Bertz CT molecular complexity index is 945. The molecule has 0 aromatic carbocycles. The molecule has 0 radical (unpaired) electrons. The Kier molecular flexibility index (Phi) is 7.46. The van der Waals surface area contributed by atoms with Gasteiger partial charge in [-0.1, -0.05) is 6.07 Å². The number of aromatic nitrogens is 1. The highest BCUT2D eigenvalue weighted by Crippen LogP contribution is 2.51. The Hall–Kier alpha value is -2.88. The summed E-state index contributed by atoms with van der Waals surface area (Å²) in [6, 6.07) is 8.52. The van der Waals surface area contributed by atoms with Gasteiger partial charge in [0.05, 0.1) is 17.5 Å². The lowest BCUT2D eigenvalue weighted by Crippen LogP contribution is -2.54. The number of rotatable bonds is 4. The lowest BCUT2D eigenvalue weighted by atomic mass is 9.60. The van der Waals surface area contributed by atoms with Gasteiger partial charge < -0.3 is 14.4 Å². The Morgan fingerprint density at radius 1 is 1.24 bits per heavy atom. The zero-order chi connectivity index (χ0) is 24.2. The highest BCUT2D eigenvalue weighted by molar-refractivity contribution is 5.95. The summed E-state index contributed by atoms with van der Waals surface area (Å²) < 4.78 is 37.0. The summed E-state index contributed by atoms with van der Waals surface area (Å²) in [5.74, 6) is -1.92. The first kappa shape index (κ1) is 24.8. The first-order valence-corrected chi connectivity index (χ1v) is 10.7. The molecular weight excluding hydrogens is 439 g/mol. The molecule has 2 fully saturated rings.